The smallest absolute Gasteiger partial charge is 0.252 e. The van der Waals surface area contributed by atoms with Gasteiger partial charge < -0.3 is 14.8 Å². The summed E-state index contributed by atoms with van der Waals surface area (Å²) in [5.41, 5.74) is 2.74. The van der Waals surface area contributed by atoms with Gasteiger partial charge in [0.05, 0.1) is 23.4 Å². The number of carbonyl (C=O) groups is 2. The number of aldehydes is 1. The van der Waals surface area contributed by atoms with Crippen molar-refractivity contribution in [3.05, 3.63) is 54.4 Å². The molecule has 2 heterocycles. The van der Waals surface area contributed by atoms with Crippen molar-refractivity contribution in [1.82, 2.24) is 15.3 Å². The lowest BCUT2D eigenvalue weighted by atomic mass is 10.0. The van der Waals surface area contributed by atoms with Crippen molar-refractivity contribution < 1.29 is 14.3 Å². The van der Waals surface area contributed by atoms with Crippen molar-refractivity contribution in [2.24, 2.45) is 0 Å². The summed E-state index contributed by atoms with van der Waals surface area (Å²) in [4.78, 5) is 31.8. The van der Waals surface area contributed by atoms with E-state index in [0.29, 0.717) is 35.3 Å². The van der Waals surface area contributed by atoms with Crippen LogP contribution in [0, 0.1) is 0 Å². The van der Waals surface area contributed by atoms with Crippen LogP contribution in [-0.4, -0.2) is 35.3 Å². The van der Waals surface area contributed by atoms with Gasteiger partial charge in [-0.3, -0.25) is 9.78 Å². The summed E-state index contributed by atoms with van der Waals surface area (Å²) in [6, 6.07) is 11.1. The van der Waals surface area contributed by atoms with Crippen LogP contribution in [0.4, 0.5) is 0 Å². The summed E-state index contributed by atoms with van der Waals surface area (Å²) < 4.78 is 5.46. The molecule has 2 aromatic heterocycles. The van der Waals surface area contributed by atoms with Crippen LogP contribution >= 0.6 is 0 Å². The van der Waals surface area contributed by atoms with Crippen LogP contribution in [0.2, 0.25) is 0 Å². The summed E-state index contributed by atoms with van der Waals surface area (Å²) in [6.45, 7) is 2.83. The van der Waals surface area contributed by atoms with Gasteiger partial charge in [-0.05, 0) is 43.3 Å². The second-order valence-corrected chi connectivity index (χ2v) is 5.62. The van der Waals surface area contributed by atoms with E-state index in [1.54, 1.807) is 24.5 Å². The zero-order chi connectivity index (χ0) is 18.4. The standard InChI is InChI=1S/C20H19N3O3/c1-2-26-15-6-4-14(5-7-15)19-12-16(20(25)22-9-3-11-24)17-13-21-10-8-18(17)23-19/h4-8,10-13H,2-3,9H2,1H3,(H,22,25). The van der Waals surface area contributed by atoms with Crippen molar-refractivity contribution in [3.8, 4) is 17.0 Å². The third kappa shape index (κ3) is 3.85. The van der Waals surface area contributed by atoms with Gasteiger partial charge in [-0.25, -0.2) is 4.98 Å². The fourth-order valence-corrected chi connectivity index (χ4v) is 2.63. The number of ether oxygens (including phenoxy) is 1. The molecule has 1 amide bonds. The minimum absolute atomic E-state index is 0.251. The number of pyridine rings is 2. The number of hydrogen-bond donors (Lipinski definition) is 1. The normalized spacial score (nSPS) is 10.5. The highest BCUT2D eigenvalue weighted by atomic mass is 16.5. The number of aromatic nitrogens is 2. The Kier molecular flexibility index (Phi) is 5.53. The number of benzene rings is 1. The molecule has 0 bridgehead atoms. The van der Waals surface area contributed by atoms with Crippen molar-refractivity contribution in [2.45, 2.75) is 13.3 Å². The topological polar surface area (TPSA) is 81.2 Å². The molecule has 0 fully saturated rings. The number of nitrogens with zero attached hydrogens (tertiary/aromatic N) is 2. The zero-order valence-electron chi connectivity index (χ0n) is 14.4. The second-order valence-electron chi connectivity index (χ2n) is 5.62. The zero-order valence-corrected chi connectivity index (χ0v) is 14.4. The second kappa shape index (κ2) is 8.20. The lowest BCUT2D eigenvalue weighted by Crippen LogP contribution is -2.25. The van der Waals surface area contributed by atoms with Gasteiger partial charge in [0, 0.05) is 36.3 Å². The molecule has 0 aliphatic carbocycles. The lowest BCUT2D eigenvalue weighted by molar-refractivity contribution is -0.107. The van der Waals surface area contributed by atoms with Gasteiger partial charge >= 0.3 is 0 Å². The van der Waals surface area contributed by atoms with Crippen LogP contribution in [0.3, 0.4) is 0 Å². The van der Waals surface area contributed by atoms with Gasteiger partial charge in [-0.2, -0.15) is 0 Å². The molecular weight excluding hydrogens is 330 g/mol. The Labute approximate surface area is 151 Å². The number of fused-ring (bicyclic) bond motifs is 1. The van der Waals surface area contributed by atoms with Crippen molar-refractivity contribution in [2.75, 3.05) is 13.2 Å². The van der Waals surface area contributed by atoms with E-state index in [0.717, 1.165) is 17.6 Å². The Morgan fingerprint density at radius 1 is 1.23 bits per heavy atom. The molecule has 0 saturated heterocycles. The van der Waals surface area contributed by atoms with Crippen LogP contribution in [-0.2, 0) is 4.79 Å². The third-order valence-corrected chi connectivity index (χ3v) is 3.86. The molecule has 0 spiro atoms. The molecule has 0 radical (unpaired) electrons. The molecule has 0 aliphatic rings. The maximum Gasteiger partial charge on any atom is 0.252 e. The number of hydrogen-bond acceptors (Lipinski definition) is 5. The van der Waals surface area contributed by atoms with Crippen molar-refractivity contribution in [1.29, 1.82) is 0 Å². The Bertz CT molecular complexity index is 923. The van der Waals surface area contributed by atoms with Crippen LogP contribution < -0.4 is 10.1 Å². The molecule has 0 unspecified atom stereocenters. The van der Waals surface area contributed by atoms with Crippen LogP contribution in [0.1, 0.15) is 23.7 Å². The molecule has 6 nitrogen and oxygen atoms in total. The fraction of sp³-hybridized carbons (Fsp3) is 0.200. The molecule has 132 valence electrons. The minimum Gasteiger partial charge on any atom is -0.494 e. The molecule has 1 N–H and O–H groups in total. The van der Waals surface area contributed by atoms with E-state index >= 15 is 0 Å². The third-order valence-electron chi connectivity index (χ3n) is 3.86. The Balaban J connectivity index is 2.01. The first-order valence-electron chi connectivity index (χ1n) is 8.42. The van der Waals surface area contributed by atoms with Crippen LogP contribution in [0.15, 0.2) is 48.8 Å². The predicted molar refractivity (Wildman–Crippen MR) is 99.2 cm³/mol. The lowest BCUT2D eigenvalue weighted by Gasteiger charge is -2.10. The Hall–Kier alpha value is -3.28. The first-order chi connectivity index (χ1) is 12.7. The summed E-state index contributed by atoms with van der Waals surface area (Å²) in [5, 5.41) is 3.42. The van der Waals surface area contributed by atoms with E-state index in [1.165, 1.54) is 0 Å². The number of nitrogens with one attached hydrogen (secondary N) is 1. The molecule has 3 rings (SSSR count). The molecule has 0 atom stereocenters. The van der Waals surface area contributed by atoms with Gasteiger partial charge in [-0.15, -0.1) is 0 Å². The molecule has 26 heavy (non-hydrogen) atoms. The highest BCUT2D eigenvalue weighted by Gasteiger charge is 2.14. The van der Waals surface area contributed by atoms with E-state index in [-0.39, 0.29) is 12.3 Å². The maximum absolute atomic E-state index is 12.6. The van der Waals surface area contributed by atoms with Crippen molar-refractivity contribution >= 4 is 23.1 Å². The predicted octanol–water partition coefficient (Wildman–Crippen LogP) is 3.01. The molecule has 6 heteroatoms. The summed E-state index contributed by atoms with van der Waals surface area (Å²) in [7, 11) is 0. The highest BCUT2D eigenvalue weighted by Crippen LogP contribution is 2.26. The Morgan fingerprint density at radius 2 is 2.04 bits per heavy atom. The summed E-state index contributed by atoms with van der Waals surface area (Å²) >= 11 is 0. The largest absolute Gasteiger partial charge is 0.494 e. The molecule has 0 saturated carbocycles. The minimum atomic E-state index is -0.251. The number of rotatable bonds is 7. The summed E-state index contributed by atoms with van der Waals surface area (Å²) in [5.74, 6) is 0.535. The fourth-order valence-electron chi connectivity index (χ4n) is 2.63. The molecule has 1 aromatic carbocycles. The first kappa shape index (κ1) is 17.5. The highest BCUT2D eigenvalue weighted by molar-refractivity contribution is 6.07. The molecular formula is C20H19N3O3. The van der Waals surface area contributed by atoms with Gasteiger partial charge in [0.2, 0.25) is 0 Å². The first-order valence-corrected chi connectivity index (χ1v) is 8.42. The maximum atomic E-state index is 12.6. The van der Waals surface area contributed by atoms with Gasteiger partial charge in [0.25, 0.3) is 5.91 Å². The van der Waals surface area contributed by atoms with Crippen LogP contribution in [0.25, 0.3) is 22.2 Å². The molecule has 3 aromatic rings. The average Bonchev–Trinajstić information content (AvgIpc) is 2.68. The number of amides is 1. The van der Waals surface area contributed by atoms with E-state index in [9.17, 15) is 9.59 Å². The van der Waals surface area contributed by atoms with Crippen molar-refractivity contribution in [3.63, 3.8) is 0 Å². The Morgan fingerprint density at radius 3 is 2.77 bits per heavy atom. The monoisotopic (exact) mass is 349 g/mol. The quantitative estimate of drug-likeness (QED) is 0.524. The van der Waals surface area contributed by atoms with Gasteiger partial charge in [0.15, 0.2) is 0 Å². The van der Waals surface area contributed by atoms with Gasteiger partial charge in [-0.1, -0.05) is 0 Å². The average molecular weight is 349 g/mol. The molecule has 0 aliphatic heterocycles. The van der Waals surface area contributed by atoms with E-state index in [4.69, 9.17) is 4.74 Å². The van der Waals surface area contributed by atoms with E-state index < -0.39 is 0 Å². The number of carbonyl (C=O) groups excluding carboxylic acids is 2. The van der Waals surface area contributed by atoms with E-state index in [1.807, 2.05) is 31.2 Å². The van der Waals surface area contributed by atoms with Crippen LogP contribution in [0.5, 0.6) is 5.75 Å². The summed E-state index contributed by atoms with van der Waals surface area (Å²) in [6.07, 6.45) is 4.32. The van der Waals surface area contributed by atoms with Gasteiger partial charge in [0.1, 0.15) is 12.0 Å². The van der Waals surface area contributed by atoms with E-state index in [2.05, 4.69) is 15.3 Å². The SMILES string of the molecule is CCOc1ccc(-c2cc(C(=O)NCCC=O)c3cnccc3n2)cc1.